The Morgan fingerprint density at radius 1 is 1.33 bits per heavy atom. The van der Waals surface area contributed by atoms with Crippen LogP contribution in [-0.2, 0) is 9.53 Å². The van der Waals surface area contributed by atoms with Crippen molar-refractivity contribution in [3.05, 3.63) is 35.9 Å². The summed E-state index contributed by atoms with van der Waals surface area (Å²) in [5, 5.41) is 3.22. The first-order chi connectivity index (χ1) is 8.36. The van der Waals surface area contributed by atoms with Crippen molar-refractivity contribution < 1.29 is 9.53 Å². The van der Waals surface area contributed by atoms with E-state index in [1.165, 1.54) is 7.11 Å². The number of carbonyl (C=O) groups excluding carboxylic acids is 1. The molecule has 0 radical (unpaired) electrons. The summed E-state index contributed by atoms with van der Waals surface area (Å²) < 4.78 is 4.79. The van der Waals surface area contributed by atoms with Crippen LogP contribution >= 0.6 is 0 Å². The van der Waals surface area contributed by atoms with Gasteiger partial charge in [-0.1, -0.05) is 30.3 Å². The van der Waals surface area contributed by atoms with Gasteiger partial charge in [0.2, 0.25) is 0 Å². The molecule has 1 unspecified atom stereocenters. The lowest BCUT2D eigenvalue weighted by Crippen LogP contribution is -2.58. The van der Waals surface area contributed by atoms with E-state index >= 15 is 0 Å². The van der Waals surface area contributed by atoms with Gasteiger partial charge in [0.1, 0.15) is 6.04 Å². The first-order valence-electron chi connectivity index (χ1n) is 6.04. The topological polar surface area (TPSA) is 64.3 Å². The van der Waals surface area contributed by atoms with Gasteiger partial charge in [-0.25, -0.2) is 0 Å². The maximum atomic E-state index is 11.8. The van der Waals surface area contributed by atoms with E-state index in [0.717, 1.165) is 5.56 Å². The molecule has 4 heteroatoms. The number of ether oxygens (including phenoxy) is 1. The van der Waals surface area contributed by atoms with E-state index in [9.17, 15) is 4.79 Å². The van der Waals surface area contributed by atoms with Crippen molar-refractivity contribution in [1.82, 2.24) is 5.32 Å². The van der Waals surface area contributed by atoms with Crippen LogP contribution in [0.1, 0.15) is 32.4 Å². The van der Waals surface area contributed by atoms with E-state index in [1.807, 2.05) is 37.3 Å². The Morgan fingerprint density at radius 2 is 1.89 bits per heavy atom. The molecule has 0 aliphatic rings. The standard InChI is InChI=1S/C14H22N2O2/c1-10(11-8-6-5-7-9-11)16-12(13(17)18-4)14(2,3)15/h5-10,12,16H,15H2,1-4H3/t10-,12?/m0/s1. The highest BCUT2D eigenvalue weighted by atomic mass is 16.5. The second-order valence-electron chi connectivity index (χ2n) is 5.08. The summed E-state index contributed by atoms with van der Waals surface area (Å²) in [6, 6.07) is 9.39. The smallest absolute Gasteiger partial charge is 0.324 e. The van der Waals surface area contributed by atoms with Crippen molar-refractivity contribution in [1.29, 1.82) is 0 Å². The van der Waals surface area contributed by atoms with E-state index in [1.54, 1.807) is 13.8 Å². The molecule has 1 aromatic rings. The molecule has 100 valence electrons. The second kappa shape index (κ2) is 5.98. The van der Waals surface area contributed by atoms with Crippen molar-refractivity contribution >= 4 is 5.97 Å². The number of rotatable bonds is 5. The molecule has 18 heavy (non-hydrogen) atoms. The largest absolute Gasteiger partial charge is 0.468 e. The molecule has 0 saturated heterocycles. The lowest BCUT2D eigenvalue weighted by Gasteiger charge is -2.31. The highest BCUT2D eigenvalue weighted by Crippen LogP contribution is 2.16. The fourth-order valence-electron chi connectivity index (χ4n) is 1.79. The Balaban J connectivity index is 2.82. The van der Waals surface area contributed by atoms with Crippen LogP contribution < -0.4 is 11.1 Å². The number of hydrogen-bond donors (Lipinski definition) is 2. The van der Waals surface area contributed by atoms with E-state index in [0.29, 0.717) is 0 Å². The molecule has 0 aliphatic carbocycles. The van der Waals surface area contributed by atoms with Crippen LogP contribution in [0.4, 0.5) is 0 Å². The molecule has 0 spiro atoms. The maximum absolute atomic E-state index is 11.8. The fraction of sp³-hybridized carbons (Fsp3) is 0.500. The Kier molecular flexibility index (Phi) is 4.87. The highest BCUT2D eigenvalue weighted by molar-refractivity contribution is 5.77. The van der Waals surface area contributed by atoms with Gasteiger partial charge in [-0.15, -0.1) is 0 Å². The lowest BCUT2D eigenvalue weighted by molar-refractivity contribution is -0.145. The summed E-state index contributed by atoms with van der Waals surface area (Å²) in [6.45, 7) is 5.61. The molecule has 0 saturated carbocycles. The Bertz CT molecular complexity index is 385. The molecule has 2 atom stereocenters. The predicted octanol–water partition coefficient (Wildman–Crippen LogP) is 1.62. The molecule has 1 rings (SSSR count). The minimum atomic E-state index is -0.684. The molecule has 0 amide bonds. The van der Waals surface area contributed by atoms with Crippen molar-refractivity contribution in [2.24, 2.45) is 5.73 Å². The minimum absolute atomic E-state index is 0.0260. The number of nitrogens with one attached hydrogen (secondary N) is 1. The van der Waals surface area contributed by atoms with Crippen LogP contribution in [0.25, 0.3) is 0 Å². The Labute approximate surface area is 109 Å². The number of esters is 1. The van der Waals surface area contributed by atoms with Crippen molar-refractivity contribution in [3.63, 3.8) is 0 Å². The van der Waals surface area contributed by atoms with Gasteiger partial charge in [0.15, 0.2) is 0 Å². The van der Waals surface area contributed by atoms with E-state index in [2.05, 4.69) is 5.32 Å². The fourth-order valence-corrected chi connectivity index (χ4v) is 1.79. The van der Waals surface area contributed by atoms with Crippen LogP contribution in [0.15, 0.2) is 30.3 Å². The van der Waals surface area contributed by atoms with E-state index in [-0.39, 0.29) is 12.0 Å². The molecule has 0 fully saturated rings. The van der Waals surface area contributed by atoms with Crippen molar-refractivity contribution in [2.45, 2.75) is 38.4 Å². The van der Waals surface area contributed by atoms with Gasteiger partial charge < -0.3 is 10.5 Å². The van der Waals surface area contributed by atoms with E-state index < -0.39 is 11.6 Å². The number of methoxy groups -OCH3 is 1. The Hall–Kier alpha value is -1.39. The minimum Gasteiger partial charge on any atom is -0.468 e. The van der Waals surface area contributed by atoms with Gasteiger partial charge in [0, 0.05) is 11.6 Å². The summed E-state index contributed by atoms with van der Waals surface area (Å²) in [5.41, 5.74) is 6.44. The van der Waals surface area contributed by atoms with Gasteiger partial charge in [-0.3, -0.25) is 10.1 Å². The van der Waals surface area contributed by atoms with Gasteiger partial charge >= 0.3 is 5.97 Å². The molecular formula is C14H22N2O2. The molecule has 3 N–H and O–H groups in total. The quantitative estimate of drug-likeness (QED) is 0.779. The number of hydrogen-bond acceptors (Lipinski definition) is 4. The summed E-state index contributed by atoms with van der Waals surface area (Å²) in [7, 11) is 1.37. The summed E-state index contributed by atoms with van der Waals surface area (Å²) in [5.74, 6) is -0.342. The third-order valence-corrected chi connectivity index (χ3v) is 2.90. The SMILES string of the molecule is COC(=O)C(N[C@@H](C)c1ccccc1)C(C)(C)N. The monoisotopic (exact) mass is 250 g/mol. The Morgan fingerprint density at radius 3 is 2.33 bits per heavy atom. The molecule has 0 bridgehead atoms. The summed E-state index contributed by atoms with van der Waals surface area (Å²) >= 11 is 0. The van der Waals surface area contributed by atoms with Gasteiger partial charge in [-0.2, -0.15) is 0 Å². The molecule has 0 heterocycles. The molecule has 1 aromatic carbocycles. The van der Waals surface area contributed by atoms with Gasteiger partial charge in [0.25, 0.3) is 0 Å². The molecular weight excluding hydrogens is 228 g/mol. The van der Waals surface area contributed by atoms with Crippen molar-refractivity contribution in [3.8, 4) is 0 Å². The third-order valence-electron chi connectivity index (χ3n) is 2.90. The summed E-state index contributed by atoms with van der Waals surface area (Å²) in [4.78, 5) is 11.8. The number of carbonyl (C=O) groups is 1. The normalized spacial score (nSPS) is 14.9. The second-order valence-corrected chi connectivity index (χ2v) is 5.08. The zero-order chi connectivity index (χ0) is 13.8. The van der Waals surface area contributed by atoms with Crippen molar-refractivity contribution in [2.75, 3.05) is 7.11 Å². The highest BCUT2D eigenvalue weighted by Gasteiger charge is 2.33. The predicted molar refractivity (Wildman–Crippen MR) is 72.1 cm³/mol. The number of benzene rings is 1. The first-order valence-corrected chi connectivity index (χ1v) is 6.04. The lowest BCUT2D eigenvalue weighted by atomic mass is 9.94. The average molecular weight is 250 g/mol. The van der Waals surface area contributed by atoms with Crippen LogP contribution in [0.2, 0.25) is 0 Å². The third kappa shape index (κ3) is 3.82. The van der Waals surface area contributed by atoms with Crippen LogP contribution in [-0.4, -0.2) is 24.7 Å². The molecule has 4 nitrogen and oxygen atoms in total. The zero-order valence-electron chi connectivity index (χ0n) is 11.4. The summed E-state index contributed by atoms with van der Waals surface area (Å²) in [6.07, 6.45) is 0. The van der Waals surface area contributed by atoms with Gasteiger partial charge in [-0.05, 0) is 26.3 Å². The maximum Gasteiger partial charge on any atom is 0.324 e. The van der Waals surface area contributed by atoms with Crippen LogP contribution in [0.5, 0.6) is 0 Å². The van der Waals surface area contributed by atoms with Crippen LogP contribution in [0.3, 0.4) is 0 Å². The zero-order valence-corrected chi connectivity index (χ0v) is 11.4. The first kappa shape index (κ1) is 14.7. The average Bonchev–Trinajstić information content (AvgIpc) is 2.34. The molecule has 0 aliphatic heterocycles. The van der Waals surface area contributed by atoms with Crippen LogP contribution in [0, 0.1) is 0 Å². The number of nitrogens with two attached hydrogens (primary N) is 1. The van der Waals surface area contributed by atoms with E-state index in [4.69, 9.17) is 10.5 Å². The molecule has 0 aromatic heterocycles. The van der Waals surface area contributed by atoms with Gasteiger partial charge in [0.05, 0.1) is 7.11 Å².